The molecule has 0 aliphatic rings. The summed E-state index contributed by atoms with van der Waals surface area (Å²) < 4.78 is 25.7. The lowest BCUT2D eigenvalue weighted by Gasteiger charge is -2.20. The van der Waals surface area contributed by atoms with Crippen LogP contribution in [0.4, 0.5) is 0 Å². The fourth-order valence-corrected chi connectivity index (χ4v) is 3.81. The molecular formula is C20H26N2O3S. The molecule has 1 amide bonds. The van der Waals surface area contributed by atoms with Crippen LogP contribution in [0.3, 0.4) is 0 Å². The van der Waals surface area contributed by atoms with E-state index in [1.165, 1.54) is 31.8 Å². The molecule has 2 aromatic rings. The topological polar surface area (TPSA) is 66.5 Å². The van der Waals surface area contributed by atoms with Crippen molar-refractivity contribution in [1.29, 1.82) is 0 Å². The lowest BCUT2D eigenvalue weighted by Crippen LogP contribution is -2.29. The molecule has 140 valence electrons. The Hall–Kier alpha value is -2.18. The van der Waals surface area contributed by atoms with E-state index >= 15 is 0 Å². The van der Waals surface area contributed by atoms with Gasteiger partial charge in [-0.05, 0) is 49.6 Å². The van der Waals surface area contributed by atoms with Gasteiger partial charge in [0.25, 0.3) is 5.91 Å². The van der Waals surface area contributed by atoms with Crippen LogP contribution in [0.2, 0.25) is 0 Å². The molecule has 5 nitrogen and oxygen atoms in total. The number of nitrogens with zero attached hydrogens (tertiary/aromatic N) is 1. The maximum Gasteiger partial charge on any atom is 0.251 e. The third kappa shape index (κ3) is 4.31. The molecule has 0 aliphatic carbocycles. The van der Waals surface area contributed by atoms with E-state index in [4.69, 9.17) is 0 Å². The van der Waals surface area contributed by atoms with Gasteiger partial charge in [-0.3, -0.25) is 4.79 Å². The minimum absolute atomic E-state index is 0.106. The lowest BCUT2D eigenvalue weighted by atomic mass is 9.97. The highest BCUT2D eigenvalue weighted by molar-refractivity contribution is 7.89. The van der Waals surface area contributed by atoms with Gasteiger partial charge in [-0.25, -0.2) is 12.7 Å². The number of carbonyl (C=O) groups excluding carboxylic acids is 1. The number of hydrogen-bond donors (Lipinski definition) is 1. The Balaban J connectivity index is 2.29. The molecule has 2 rings (SSSR count). The Kier molecular flexibility index (Phi) is 6.21. The molecule has 0 radical (unpaired) electrons. The standard InChI is InChI=1S/C20H26N2O3S/c1-6-19(18-11-10-14(2)12-15(18)3)21-20(23)16-8-7-9-17(13-16)26(24,25)22(4)5/h7-13,19H,6H2,1-5H3,(H,21,23)/t19-/m0/s1. The highest BCUT2D eigenvalue weighted by Crippen LogP contribution is 2.23. The van der Waals surface area contributed by atoms with Crippen molar-refractivity contribution in [2.24, 2.45) is 0 Å². The second kappa shape index (κ2) is 8.01. The van der Waals surface area contributed by atoms with Gasteiger partial charge >= 0.3 is 0 Å². The molecule has 0 aliphatic heterocycles. The predicted molar refractivity (Wildman–Crippen MR) is 104 cm³/mol. The molecule has 0 bridgehead atoms. The van der Waals surface area contributed by atoms with Crippen LogP contribution in [0, 0.1) is 13.8 Å². The Bertz CT molecular complexity index is 905. The Morgan fingerprint density at radius 1 is 1.12 bits per heavy atom. The number of benzene rings is 2. The molecule has 1 N–H and O–H groups in total. The predicted octanol–water partition coefficient (Wildman–Crippen LogP) is 3.43. The van der Waals surface area contributed by atoms with Gasteiger partial charge in [0.15, 0.2) is 0 Å². The maximum atomic E-state index is 12.7. The van der Waals surface area contributed by atoms with Crippen LogP contribution in [0.25, 0.3) is 0 Å². The molecule has 0 heterocycles. The number of sulfonamides is 1. The van der Waals surface area contributed by atoms with E-state index in [9.17, 15) is 13.2 Å². The first-order chi connectivity index (χ1) is 12.2. The lowest BCUT2D eigenvalue weighted by molar-refractivity contribution is 0.0935. The second-order valence-corrected chi connectivity index (χ2v) is 8.76. The van der Waals surface area contributed by atoms with E-state index in [1.807, 2.05) is 32.9 Å². The first-order valence-corrected chi connectivity index (χ1v) is 10.0. The van der Waals surface area contributed by atoms with Gasteiger partial charge in [-0.1, -0.05) is 36.8 Å². The monoisotopic (exact) mass is 374 g/mol. The van der Waals surface area contributed by atoms with Crippen molar-refractivity contribution in [3.63, 3.8) is 0 Å². The van der Waals surface area contributed by atoms with Crippen molar-refractivity contribution in [2.45, 2.75) is 38.1 Å². The van der Waals surface area contributed by atoms with Gasteiger partial charge in [-0.15, -0.1) is 0 Å². The molecule has 0 unspecified atom stereocenters. The van der Waals surface area contributed by atoms with Crippen molar-refractivity contribution in [1.82, 2.24) is 9.62 Å². The second-order valence-electron chi connectivity index (χ2n) is 6.61. The Labute approximate surface area is 156 Å². The minimum atomic E-state index is -3.58. The molecule has 0 saturated heterocycles. The summed E-state index contributed by atoms with van der Waals surface area (Å²) >= 11 is 0. The zero-order valence-electron chi connectivity index (χ0n) is 15.9. The molecule has 0 saturated carbocycles. The highest BCUT2D eigenvalue weighted by atomic mass is 32.2. The number of hydrogen-bond acceptors (Lipinski definition) is 3. The van der Waals surface area contributed by atoms with Crippen LogP contribution < -0.4 is 5.32 Å². The van der Waals surface area contributed by atoms with Gasteiger partial charge in [-0.2, -0.15) is 0 Å². The maximum absolute atomic E-state index is 12.7. The zero-order chi connectivity index (χ0) is 19.5. The summed E-state index contributed by atoms with van der Waals surface area (Å²) in [5.41, 5.74) is 3.70. The number of aryl methyl sites for hydroxylation is 2. The van der Waals surface area contributed by atoms with Crippen molar-refractivity contribution in [2.75, 3.05) is 14.1 Å². The summed E-state index contributed by atoms with van der Waals surface area (Å²) in [5.74, 6) is -0.285. The molecule has 26 heavy (non-hydrogen) atoms. The number of carbonyl (C=O) groups is 1. The van der Waals surface area contributed by atoms with E-state index in [0.29, 0.717) is 5.56 Å². The molecule has 0 fully saturated rings. The van der Waals surface area contributed by atoms with Crippen molar-refractivity contribution >= 4 is 15.9 Å². The normalized spacial score (nSPS) is 12.8. The van der Waals surface area contributed by atoms with Gasteiger partial charge < -0.3 is 5.32 Å². The third-order valence-electron chi connectivity index (χ3n) is 4.39. The van der Waals surface area contributed by atoms with Crippen LogP contribution in [0.15, 0.2) is 47.4 Å². The fourth-order valence-electron chi connectivity index (χ4n) is 2.87. The van der Waals surface area contributed by atoms with Crippen LogP contribution in [0.1, 0.15) is 46.4 Å². The summed E-state index contributed by atoms with van der Waals surface area (Å²) in [6.45, 7) is 6.07. The first kappa shape index (κ1) is 20.1. The minimum Gasteiger partial charge on any atom is -0.345 e. The Morgan fingerprint density at radius 3 is 2.38 bits per heavy atom. The summed E-state index contributed by atoms with van der Waals surface area (Å²) in [5, 5.41) is 3.02. The Morgan fingerprint density at radius 2 is 1.81 bits per heavy atom. The highest BCUT2D eigenvalue weighted by Gasteiger charge is 2.20. The van der Waals surface area contributed by atoms with Crippen molar-refractivity contribution in [3.8, 4) is 0 Å². The van der Waals surface area contributed by atoms with E-state index in [0.717, 1.165) is 21.9 Å². The van der Waals surface area contributed by atoms with E-state index in [1.54, 1.807) is 12.1 Å². The molecule has 2 aromatic carbocycles. The summed E-state index contributed by atoms with van der Waals surface area (Å²) in [6.07, 6.45) is 0.741. The van der Waals surface area contributed by atoms with Crippen LogP contribution >= 0.6 is 0 Å². The van der Waals surface area contributed by atoms with E-state index < -0.39 is 10.0 Å². The quantitative estimate of drug-likeness (QED) is 0.842. The van der Waals surface area contributed by atoms with E-state index in [2.05, 4.69) is 11.4 Å². The zero-order valence-corrected chi connectivity index (χ0v) is 16.7. The van der Waals surface area contributed by atoms with Crippen LogP contribution in [-0.2, 0) is 10.0 Å². The summed E-state index contributed by atoms with van der Waals surface area (Å²) in [6, 6.07) is 12.1. The fraction of sp³-hybridized carbons (Fsp3) is 0.350. The first-order valence-electron chi connectivity index (χ1n) is 8.57. The molecular weight excluding hydrogens is 348 g/mol. The average molecular weight is 375 g/mol. The smallest absolute Gasteiger partial charge is 0.251 e. The summed E-state index contributed by atoms with van der Waals surface area (Å²) in [4.78, 5) is 12.8. The number of amides is 1. The van der Waals surface area contributed by atoms with Gasteiger partial charge in [0.05, 0.1) is 10.9 Å². The van der Waals surface area contributed by atoms with Crippen LogP contribution in [0.5, 0.6) is 0 Å². The van der Waals surface area contributed by atoms with Crippen molar-refractivity contribution in [3.05, 3.63) is 64.7 Å². The third-order valence-corrected chi connectivity index (χ3v) is 6.20. The molecule has 1 atom stereocenters. The SMILES string of the molecule is CC[C@H](NC(=O)c1cccc(S(=O)(=O)N(C)C)c1)c1ccc(C)cc1C. The van der Waals surface area contributed by atoms with Gasteiger partial charge in [0.2, 0.25) is 10.0 Å². The van der Waals surface area contributed by atoms with Crippen molar-refractivity contribution < 1.29 is 13.2 Å². The van der Waals surface area contributed by atoms with E-state index in [-0.39, 0.29) is 16.8 Å². The summed E-state index contributed by atoms with van der Waals surface area (Å²) in [7, 11) is -0.642. The molecule has 0 aromatic heterocycles. The number of rotatable bonds is 6. The van der Waals surface area contributed by atoms with Crippen LogP contribution in [-0.4, -0.2) is 32.7 Å². The molecule has 0 spiro atoms. The van der Waals surface area contributed by atoms with Gasteiger partial charge in [0, 0.05) is 19.7 Å². The number of nitrogens with one attached hydrogen (secondary N) is 1. The largest absolute Gasteiger partial charge is 0.345 e. The average Bonchev–Trinajstić information content (AvgIpc) is 2.60. The molecule has 6 heteroatoms. The van der Waals surface area contributed by atoms with Gasteiger partial charge in [0.1, 0.15) is 0 Å².